The zero-order chi connectivity index (χ0) is 24.0. The fourth-order valence-corrected chi connectivity index (χ4v) is 5.22. The minimum absolute atomic E-state index is 0.128. The number of hydrogen-bond acceptors (Lipinski definition) is 7. The van der Waals surface area contributed by atoms with Crippen LogP contribution in [0.2, 0.25) is 5.28 Å². The summed E-state index contributed by atoms with van der Waals surface area (Å²) in [6, 6.07) is 1.96. The predicted octanol–water partition coefficient (Wildman–Crippen LogP) is 5.15. The van der Waals surface area contributed by atoms with Crippen LogP contribution in [0.4, 0.5) is 10.6 Å². The number of hydrogen-bond donors (Lipinski definition) is 0. The third kappa shape index (κ3) is 4.55. The minimum Gasteiger partial charge on any atom is -0.444 e. The van der Waals surface area contributed by atoms with E-state index in [-0.39, 0.29) is 17.6 Å². The van der Waals surface area contributed by atoms with E-state index < -0.39 is 5.60 Å². The van der Waals surface area contributed by atoms with E-state index in [4.69, 9.17) is 26.2 Å². The van der Waals surface area contributed by atoms with Crippen molar-refractivity contribution in [2.24, 2.45) is 0 Å². The summed E-state index contributed by atoms with van der Waals surface area (Å²) in [5.74, 6) is 0.744. The predicted molar refractivity (Wildman–Crippen MR) is 134 cm³/mol. The highest BCUT2D eigenvalue weighted by Crippen LogP contribution is 2.39. The summed E-state index contributed by atoms with van der Waals surface area (Å²) in [4.78, 5) is 25.6. The zero-order valence-electron chi connectivity index (χ0n) is 19.6. The van der Waals surface area contributed by atoms with Crippen molar-refractivity contribution in [1.29, 1.82) is 0 Å². The zero-order valence-corrected chi connectivity index (χ0v) is 21.9. The molecule has 5 rings (SSSR count). The molecule has 0 N–H and O–H groups in total. The van der Waals surface area contributed by atoms with Gasteiger partial charge in [0, 0.05) is 42.6 Å². The van der Waals surface area contributed by atoms with Gasteiger partial charge in [0.25, 0.3) is 0 Å². The van der Waals surface area contributed by atoms with E-state index in [0.29, 0.717) is 26.2 Å². The number of benzene rings is 1. The van der Waals surface area contributed by atoms with Crippen LogP contribution < -0.4 is 4.90 Å². The molecule has 2 fully saturated rings. The number of ether oxygens (including phenoxy) is 2. The maximum atomic E-state index is 12.5. The van der Waals surface area contributed by atoms with Crippen molar-refractivity contribution in [3.8, 4) is 0 Å². The van der Waals surface area contributed by atoms with Gasteiger partial charge in [-0.3, -0.25) is 0 Å². The highest BCUT2D eigenvalue weighted by atomic mass is 79.9. The number of piperazine rings is 1. The molecular formula is C23H28BrClN6O3. The quantitative estimate of drug-likeness (QED) is 0.407. The first-order valence-electron chi connectivity index (χ1n) is 11.6. The number of carbonyl (C=O) groups is 1. The lowest BCUT2D eigenvalue weighted by molar-refractivity contribution is -0.0365. The van der Waals surface area contributed by atoms with Gasteiger partial charge in [-0.15, -0.1) is 0 Å². The lowest BCUT2D eigenvalue weighted by Gasteiger charge is -2.36. The second-order valence-electron chi connectivity index (χ2n) is 9.70. The van der Waals surface area contributed by atoms with Crippen molar-refractivity contribution in [3.63, 3.8) is 0 Å². The van der Waals surface area contributed by atoms with Crippen molar-refractivity contribution in [2.45, 2.75) is 51.9 Å². The molecule has 1 aromatic carbocycles. The van der Waals surface area contributed by atoms with E-state index in [1.54, 1.807) is 4.90 Å². The summed E-state index contributed by atoms with van der Waals surface area (Å²) < 4.78 is 14.5. The van der Waals surface area contributed by atoms with Gasteiger partial charge in [0.1, 0.15) is 11.4 Å². The summed E-state index contributed by atoms with van der Waals surface area (Å²) in [6.45, 7) is 8.61. The van der Waals surface area contributed by atoms with Gasteiger partial charge in [-0.05, 0) is 73.6 Å². The number of rotatable bonds is 2. The Hall–Kier alpha value is -2.17. The largest absolute Gasteiger partial charge is 0.444 e. The maximum absolute atomic E-state index is 12.5. The maximum Gasteiger partial charge on any atom is 0.410 e. The van der Waals surface area contributed by atoms with Crippen LogP contribution >= 0.6 is 27.5 Å². The van der Waals surface area contributed by atoms with Crippen LogP contribution in [0.1, 0.15) is 46.3 Å². The number of amides is 1. The molecule has 2 saturated heterocycles. The first kappa shape index (κ1) is 23.6. The van der Waals surface area contributed by atoms with Crippen molar-refractivity contribution in [3.05, 3.63) is 22.0 Å². The van der Waals surface area contributed by atoms with E-state index in [1.165, 1.54) is 0 Å². The van der Waals surface area contributed by atoms with Gasteiger partial charge in [0.15, 0.2) is 6.23 Å². The Morgan fingerprint density at radius 1 is 1.21 bits per heavy atom. The molecule has 0 saturated carbocycles. The van der Waals surface area contributed by atoms with Crippen LogP contribution in [-0.2, 0) is 9.47 Å². The third-order valence-corrected chi connectivity index (χ3v) is 6.93. The van der Waals surface area contributed by atoms with Crippen LogP contribution in [0.3, 0.4) is 0 Å². The number of anilines is 1. The highest BCUT2D eigenvalue weighted by molar-refractivity contribution is 9.10. The molecule has 0 spiro atoms. The number of nitrogens with zero attached hydrogens (tertiary/aromatic N) is 6. The molecule has 1 atom stereocenters. The molecule has 2 aliphatic heterocycles. The molecule has 3 aromatic rings. The fraction of sp³-hybridized carbons (Fsp3) is 0.565. The average Bonchev–Trinajstić information content (AvgIpc) is 3.24. The van der Waals surface area contributed by atoms with Gasteiger partial charge in [0.05, 0.1) is 22.6 Å². The average molecular weight is 552 g/mol. The van der Waals surface area contributed by atoms with E-state index in [1.807, 2.05) is 37.7 Å². The van der Waals surface area contributed by atoms with Crippen LogP contribution in [0.15, 0.2) is 16.7 Å². The number of aromatic nitrogens is 4. The van der Waals surface area contributed by atoms with Crippen LogP contribution in [-0.4, -0.2) is 69.1 Å². The molecule has 34 heavy (non-hydrogen) atoms. The molecule has 2 aromatic heterocycles. The topological polar surface area (TPSA) is 85.6 Å². The van der Waals surface area contributed by atoms with Crippen molar-refractivity contribution < 1.29 is 14.3 Å². The number of carbonyl (C=O) groups excluding carboxylic acids is 1. The van der Waals surface area contributed by atoms with E-state index in [0.717, 1.165) is 58.0 Å². The number of fused-ring (bicyclic) bond motifs is 3. The molecule has 1 unspecified atom stereocenters. The third-order valence-electron chi connectivity index (χ3n) is 6.10. The molecule has 4 heterocycles. The molecule has 2 aliphatic rings. The highest BCUT2D eigenvalue weighted by Gasteiger charge is 2.29. The van der Waals surface area contributed by atoms with Gasteiger partial charge in [0.2, 0.25) is 5.28 Å². The summed E-state index contributed by atoms with van der Waals surface area (Å²) >= 11 is 10.0. The SMILES string of the molecule is CC(C)(C)OC(=O)N1CCN(c2nc(Cl)nc3cc(Br)c4cnn(C5CCCCO5)c4c23)CC1. The first-order valence-corrected chi connectivity index (χ1v) is 12.8. The Morgan fingerprint density at radius 2 is 1.97 bits per heavy atom. The molecule has 182 valence electrons. The molecule has 1 amide bonds. The van der Waals surface area contributed by atoms with Crippen molar-refractivity contribution >= 4 is 61.2 Å². The van der Waals surface area contributed by atoms with E-state index in [9.17, 15) is 4.79 Å². The standard InChI is InChI=1S/C23H28BrClN6O3/c1-23(2,3)34-22(32)30-9-7-29(8-10-30)20-18-16(27-21(25)28-20)12-15(24)14-13-26-31(19(14)18)17-6-4-5-11-33-17/h12-13,17H,4-11H2,1-3H3. The van der Waals surface area contributed by atoms with Crippen LogP contribution in [0.25, 0.3) is 21.8 Å². The molecule has 11 heteroatoms. The van der Waals surface area contributed by atoms with Crippen molar-refractivity contribution in [1.82, 2.24) is 24.6 Å². The molecule has 0 radical (unpaired) electrons. The van der Waals surface area contributed by atoms with Gasteiger partial charge in [-0.25, -0.2) is 14.5 Å². The fourth-order valence-electron chi connectivity index (χ4n) is 4.54. The van der Waals surface area contributed by atoms with Gasteiger partial charge < -0.3 is 19.3 Å². The second kappa shape index (κ2) is 9.13. The first-order chi connectivity index (χ1) is 16.2. The summed E-state index contributed by atoms with van der Waals surface area (Å²) in [7, 11) is 0. The molecule has 0 bridgehead atoms. The lowest BCUT2D eigenvalue weighted by Crippen LogP contribution is -2.50. The van der Waals surface area contributed by atoms with Gasteiger partial charge in [-0.1, -0.05) is 0 Å². The molecular weight excluding hydrogens is 524 g/mol. The normalized spacial score (nSPS) is 19.7. The smallest absolute Gasteiger partial charge is 0.410 e. The van der Waals surface area contributed by atoms with Gasteiger partial charge in [-0.2, -0.15) is 10.1 Å². The van der Waals surface area contributed by atoms with Crippen LogP contribution in [0.5, 0.6) is 0 Å². The lowest BCUT2D eigenvalue weighted by atomic mass is 10.1. The van der Waals surface area contributed by atoms with Gasteiger partial charge >= 0.3 is 6.09 Å². The second-order valence-corrected chi connectivity index (χ2v) is 10.9. The van der Waals surface area contributed by atoms with Crippen LogP contribution in [0, 0.1) is 0 Å². The Bertz CT molecular complexity index is 1230. The molecule has 0 aliphatic carbocycles. The van der Waals surface area contributed by atoms with E-state index >= 15 is 0 Å². The summed E-state index contributed by atoms with van der Waals surface area (Å²) in [6.07, 6.45) is 4.50. The molecule has 9 nitrogen and oxygen atoms in total. The van der Waals surface area contributed by atoms with E-state index in [2.05, 4.69) is 30.8 Å². The Morgan fingerprint density at radius 3 is 2.65 bits per heavy atom. The monoisotopic (exact) mass is 550 g/mol. The summed E-state index contributed by atoms with van der Waals surface area (Å²) in [5.41, 5.74) is 1.14. The number of halogens is 2. The van der Waals surface area contributed by atoms with Crippen molar-refractivity contribution in [2.75, 3.05) is 37.7 Å². The summed E-state index contributed by atoms with van der Waals surface area (Å²) in [5, 5.41) is 6.74. The Labute approximate surface area is 211 Å². The Kier molecular flexibility index (Phi) is 6.32. The minimum atomic E-state index is -0.525. The Balaban J connectivity index is 1.54.